The highest BCUT2D eigenvalue weighted by molar-refractivity contribution is 6.76. The first-order chi connectivity index (χ1) is 8.71. The van der Waals surface area contributed by atoms with Crippen LogP contribution in [0, 0.1) is 6.92 Å². The van der Waals surface area contributed by atoms with Gasteiger partial charge in [0.05, 0.1) is 5.54 Å². The first kappa shape index (κ1) is 14.7. The molecule has 1 aromatic rings. The number of benzene rings is 1. The summed E-state index contributed by atoms with van der Waals surface area (Å²) in [7, 11) is 0. The molecular formula is C14H14Cl3NO. The average Bonchev–Trinajstić information content (AvgIpc) is 2.91. The lowest BCUT2D eigenvalue weighted by Crippen LogP contribution is -2.41. The largest absolute Gasteiger partial charge is 0.343 e. The maximum atomic E-state index is 11.6. The van der Waals surface area contributed by atoms with Gasteiger partial charge in [-0.2, -0.15) is 0 Å². The highest BCUT2D eigenvalue weighted by Crippen LogP contribution is 2.44. The molecule has 0 spiro atoms. The standard InChI is InChI=1S/C14H14Cl3NO/c1-9-3-5-10(6-4-9)7-11-8-13(11,2)18-12(19)14(15,16)17/h3-7H,8H2,1-2H3,(H,18,19)/b11-7-. The van der Waals surface area contributed by atoms with Crippen LogP contribution in [0.3, 0.4) is 0 Å². The van der Waals surface area contributed by atoms with Gasteiger partial charge in [0, 0.05) is 0 Å². The monoisotopic (exact) mass is 317 g/mol. The van der Waals surface area contributed by atoms with Gasteiger partial charge in [0.2, 0.25) is 0 Å². The Balaban J connectivity index is 2.06. The minimum Gasteiger partial charge on any atom is -0.343 e. The quantitative estimate of drug-likeness (QED) is 0.820. The number of rotatable bonds is 2. The van der Waals surface area contributed by atoms with E-state index in [2.05, 4.69) is 11.4 Å². The summed E-state index contributed by atoms with van der Waals surface area (Å²) >= 11 is 16.6. The maximum absolute atomic E-state index is 11.6. The Hall–Kier alpha value is -0.700. The van der Waals surface area contributed by atoms with Gasteiger partial charge < -0.3 is 5.32 Å². The van der Waals surface area contributed by atoms with E-state index >= 15 is 0 Å². The number of amides is 1. The fraction of sp³-hybridized carbons (Fsp3) is 0.357. The second-order valence-corrected chi connectivity index (χ2v) is 7.32. The lowest BCUT2D eigenvalue weighted by molar-refractivity contribution is -0.120. The fourth-order valence-electron chi connectivity index (χ4n) is 1.86. The van der Waals surface area contributed by atoms with Crippen molar-refractivity contribution in [3.8, 4) is 0 Å². The van der Waals surface area contributed by atoms with Gasteiger partial charge in [-0.05, 0) is 31.4 Å². The van der Waals surface area contributed by atoms with E-state index in [0.717, 1.165) is 17.6 Å². The molecule has 1 N–H and O–H groups in total. The van der Waals surface area contributed by atoms with Gasteiger partial charge in [-0.1, -0.05) is 70.7 Å². The van der Waals surface area contributed by atoms with Gasteiger partial charge in [0.25, 0.3) is 9.70 Å². The predicted molar refractivity (Wildman–Crippen MR) is 80.6 cm³/mol. The third kappa shape index (κ3) is 3.65. The summed E-state index contributed by atoms with van der Waals surface area (Å²) in [5, 5.41) is 2.75. The number of hydrogen-bond donors (Lipinski definition) is 1. The van der Waals surface area contributed by atoms with Crippen LogP contribution in [0.4, 0.5) is 0 Å². The molecular weight excluding hydrogens is 305 g/mol. The molecule has 0 aromatic heterocycles. The van der Waals surface area contributed by atoms with E-state index in [-0.39, 0.29) is 0 Å². The third-order valence-corrected chi connectivity index (χ3v) is 3.71. The van der Waals surface area contributed by atoms with Crippen LogP contribution in [-0.4, -0.2) is 15.2 Å². The lowest BCUT2D eigenvalue weighted by atomic mass is 10.1. The number of nitrogens with one attached hydrogen (secondary N) is 1. The molecule has 1 saturated carbocycles. The van der Waals surface area contributed by atoms with Crippen molar-refractivity contribution in [3.05, 3.63) is 41.0 Å². The molecule has 0 heterocycles. The van der Waals surface area contributed by atoms with E-state index in [9.17, 15) is 4.79 Å². The number of halogens is 3. The number of alkyl halides is 3. The molecule has 1 unspecified atom stereocenters. The van der Waals surface area contributed by atoms with Gasteiger partial charge in [0.15, 0.2) is 0 Å². The Bertz CT molecular complexity index is 531. The van der Waals surface area contributed by atoms with Crippen LogP contribution in [0.5, 0.6) is 0 Å². The number of hydrogen-bond acceptors (Lipinski definition) is 1. The van der Waals surface area contributed by atoms with Crippen LogP contribution in [0.25, 0.3) is 6.08 Å². The average molecular weight is 319 g/mol. The van der Waals surface area contributed by atoms with Gasteiger partial charge in [-0.15, -0.1) is 0 Å². The van der Waals surface area contributed by atoms with Crippen molar-refractivity contribution in [2.45, 2.75) is 29.6 Å². The van der Waals surface area contributed by atoms with Crippen molar-refractivity contribution in [2.24, 2.45) is 0 Å². The number of carbonyl (C=O) groups is 1. The summed E-state index contributed by atoms with van der Waals surface area (Å²) in [6, 6.07) is 8.17. The van der Waals surface area contributed by atoms with E-state index in [1.54, 1.807) is 0 Å². The Labute approximate surface area is 127 Å². The van der Waals surface area contributed by atoms with E-state index in [1.165, 1.54) is 5.56 Å². The Morgan fingerprint density at radius 3 is 2.42 bits per heavy atom. The van der Waals surface area contributed by atoms with Crippen molar-refractivity contribution < 1.29 is 4.79 Å². The van der Waals surface area contributed by atoms with Crippen LogP contribution >= 0.6 is 34.8 Å². The van der Waals surface area contributed by atoms with Crippen molar-refractivity contribution in [1.82, 2.24) is 5.32 Å². The lowest BCUT2D eigenvalue weighted by Gasteiger charge is -2.16. The fourth-order valence-corrected chi connectivity index (χ4v) is 2.00. The molecule has 0 bridgehead atoms. The zero-order chi connectivity index (χ0) is 14.3. The second kappa shape index (κ2) is 5.01. The molecule has 102 valence electrons. The molecule has 1 fully saturated rings. The number of carbonyl (C=O) groups excluding carboxylic acids is 1. The summed E-state index contributed by atoms with van der Waals surface area (Å²) < 4.78 is -1.92. The van der Waals surface area contributed by atoms with Crippen LogP contribution < -0.4 is 5.32 Å². The van der Waals surface area contributed by atoms with Gasteiger partial charge in [0.1, 0.15) is 0 Å². The summed E-state index contributed by atoms with van der Waals surface area (Å²) in [6.07, 6.45) is 2.82. The van der Waals surface area contributed by atoms with Crippen molar-refractivity contribution in [2.75, 3.05) is 0 Å². The van der Waals surface area contributed by atoms with Crippen molar-refractivity contribution in [1.29, 1.82) is 0 Å². The summed E-state index contributed by atoms with van der Waals surface area (Å²) in [4.78, 5) is 11.6. The SMILES string of the molecule is Cc1ccc(/C=C2/CC2(C)NC(=O)C(Cl)(Cl)Cl)cc1. The molecule has 2 nitrogen and oxygen atoms in total. The highest BCUT2D eigenvalue weighted by atomic mass is 35.6. The predicted octanol–water partition coefficient (Wildman–Crippen LogP) is 4.03. The third-order valence-electron chi connectivity index (χ3n) is 3.19. The van der Waals surface area contributed by atoms with Crippen LogP contribution in [0.1, 0.15) is 24.5 Å². The molecule has 1 aromatic carbocycles. The Kier molecular flexibility index (Phi) is 3.87. The smallest absolute Gasteiger partial charge is 0.272 e. The number of aryl methyl sites for hydroxylation is 1. The molecule has 1 aliphatic rings. The Morgan fingerprint density at radius 1 is 1.32 bits per heavy atom. The molecule has 19 heavy (non-hydrogen) atoms. The molecule has 2 rings (SSSR count). The van der Waals surface area contributed by atoms with E-state index < -0.39 is 15.2 Å². The zero-order valence-corrected chi connectivity index (χ0v) is 12.9. The molecule has 0 radical (unpaired) electrons. The van der Waals surface area contributed by atoms with E-state index in [0.29, 0.717) is 0 Å². The van der Waals surface area contributed by atoms with Crippen LogP contribution in [0.2, 0.25) is 0 Å². The van der Waals surface area contributed by atoms with Gasteiger partial charge in [-0.3, -0.25) is 4.79 Å². The first-order valence-electron chi connectivity index (χ1n) is 5.88. The van der Waals surface area contributed by atoms with Crippen LogP contribution in [0.15, 0.2) is 29.8 Å². The first-order valence-corrected chi connectivity index (χ1v) is 7.01. The highest BCUT2D eigenvalue weighted by Gasteiger charge is 2.48. The van der Waals surface area contributed by atoms with E-state index in [4.69, 9.17) is 34.8 Å². The molecule has 1 amide bonds. The Morgan fingerprint density at radius 2 is 1.89 bits per heavy atom. The minimum atomic E-state index is -1.92. The normalized spacial score (nSPS) is 24.4. The minimum absolute atomic E-state index is 0.397. The molecule has 1 atom stereocenters. The zero-order valence-electron chi connectivity index (χ0n) is 10.6. The maximum Gasteiger partial charge on any atom is 0.272 e. The topological polar surface area (TPSA) is 29.1 Å². The summed E-state index contributed by atoms with van der Waals surface area (Å²) in [6.45, 7) is 3.96. The van der Waals surface area contributed by atoms with Crippen LogP contribution in [-0.2, 0) is 4.79 Å². The van der Waals surface area contributed by atoms with Gasteiger partial charge >= 0.3 is 0 Å². The molecule has 0 saturated heterocycles. The van der Waals surface area contributed by atoms with Crippen molar-refractivity contribution in [3.63, 3.8) is 0 Å². The van der Waals surface area contributed by atoms with Gasteiger partial charge in [-0.25, -0.2) is 0 Å². The second-order valence-electron chi connectivity index (χ2n) is 5.04. The molecule has 1 aliphatic carbocycles. The summed E-state index contributed by atoms with van der Waals surface area (Å²) in [5.41, 5.74) is 3.04. The van der Waals surface area contributed by atoms with Crippen molar-refractivity contribution >= 4 is 46.8 Å². The summed E-state index contributed by atoms with van der Waals surface area (Å²) in [5.74, 6) is -0.590. The molecule has 0 aliphatic heterocycles. The molecule has 5 heteroatoms. The van der Waals surface area contributed by atoms with E-state index in [1.807, 2.05) is 38.1 Å².